The number of nitrogens with one attached hydrogen (secondary N) is 2. The molecule has 0 amide bonds. The monoisotopic (exact) mass is 282 g/mol. The molecule has 1 aromatic heterocycles. The molecule has 0 aliphatic carbocycles. The summed E-state index contributed by atoms with van der Waals surface area (Å²) >= 11 is 0. The summed E-state index contributed by atoms with van der Waals surface area (Å²) in [6, 6.07) is 1.02. The number of anilines is 1. The summed E-state index contributed by atoms with van der Waals surface area (Å²) in [5.74, 6) is 0.652. The van der Waals surface area contributed by atoms with E-state index in [-0.39, 0.29) is 6.04 Å². The molecule has 0 saturated carbocycles. The molecule has 0 bridgehead atoms. The minimum Gasteiger partial charge on any atom is -0.406 e. The summed E-state index contributed by atoms with van der Waals surface area (Å²) in [7, 11) is 0. The van der Waals surface area contributed by atoms with Gasteiger partial charge in [0.2, 0.25) is 5.89 Å². The Morgan fingerprint density at radius 2 is 1.85 bits per heavy atom. The largest absolute Gasteiger partial charge is 0.406 e. The second-order valence-electron chi connectivity index (χ2n) is 5.52. The van der Waals surface area contributed by atoms with Crippen LogP contribution in [0.1, 0.15) is 78.2 Å². The van der Waals surface area contributed by atoms with Crippen molar-refractivity contribution in [2.75, 3.05) is 11.9 Å². The molecule has 2 unspecified atom stereocenters. The third kappa shape index (κ3) is 6.37. The standard InChI is InChI=1S/C15H30N4O/c1-5-7-8-9-10-12(3)17-15-19-18-14(20-15)13(4)16-11-6-2/h12-13,16H,5-11H2,1-4H3,(H,17,19). The molecule has 0 spiro atoms. The third-order valence-corrected chi connectivity index (χ3v) is 3.37. The Morgan fingerprint density at radius 1 is 1.05 bits per heavy atom. The number of nitrogens with zero attached hydrogens (tertiary/aromatic N) is 2. The number of rotatable bonds is 11. The molecule has 2 N–H and O–H groups in total. The Bertz CT molecular complexity index is 353. The van der Waals surface area contributed by atoms with Crippen LogP contribution in [0.5, 0.6) is 0 Å². The summed E-state index contributed by atoms with van der Waals surface area (Å²) < 4.78 is 5.64. The van der Waals surface area contributed by atoms with Crippen LogP contribution < -0.4 is 10.6 Å². The van der Waals surface area contributed by atoms with Crippen LogP contribution in [0.2, 0.25) is 0 Å². The van der Waals surface area contributed by atoms with Crippen molar-refractivity contribution in [2.24, 2.45) is 0 Å². The highest BCUT2D eigenvalue weighted by Crippen LogP contribution is 2.15. The van der Waals surface area contributed by atoms with Gasteiger partial charge < -0.3 is 15.1 Å². The van der Waals surface area contributed by atoms with Crippen LogP contribution in [0.4, 0.5) is 6.01 Å². The van der Waals surface area contributed by atoms with Crippen molar-refractivity contribution in [3.05, 3.63) is 5.89 Å². The molecule has 1 rings (SSSR count). The maximum absolute atomic E-state index is 5.64. The fourth-order valence-corrected chi connectivity index (χ4v) is 2.08. The first-order chi connectivity index (χ1) is 9.67. The van der Waals surface area contributed by atoms with Gasteiger partial charge in [-0.15, -0.1) is 5.10 Å². The Kier molecular flexibility index (Phi) is 8.26. The first kappa shape index (κ1) is 17.0. The van der Waals surface area contributed by atoms with Gasteiger partial charge in [0.15, 0.2) is 0 Å². The minimum atomic E-state index is 0.109. The third-order valence-electron chi connectivity index (χ3n) is 3.37. The number of aromatic nitrogens is 2. The zero-order valence-electron chi connectivity index (χ0n) is 13.4. The summed E-state index contributed by atoms with van der Waals surface area (Å²) in [5, 5.41) is 14.8. The average molecular weight is 282 g/mol. The van der Waals surface area contributed by atoms with Gasteiger partial charge in [-0.25, -0.2) is 0 Å². The molecule has 0 radical (unpaired) electrons. The van der Waals surface area contributed by atoms with Crippen LogP contribution in [0, 0.1) is 0 Å². The van der Waals surface area contributed by atoms with Crippen LogP contribution in [0.3, 0.4) is 0 Å². The van der Waals surface area contributed by atoms with Crippen molar-refractivity contribution in [3.63, 3.8) is 0 Å². The molecular formula is C15H30N4O. The van der Waals surface area contributed by atoms with Gasteiger partial charge in [-0.3, -0.25) is 0 Å². The lowest BCUT2D eigenvalue weighted by atomic mass is 10.1. The van der Waals surface area contributed by atoms with E-state index >= 15 is 0 Å². The Hall–Kier alpha value is -1.10. The summed E-state index contributed by atoms with van der Waals surface area (Å²) in [6.07, 6.45) is 7.38. The van der Waals surface area contributed by atoms with E-state index in [9.17, 15) is 0 Å². The van der Waals surface area contributed by atoms with Crippen LogP contribution in [-0.4, -0.2) is 22.8 Å². The fraction of sp³-hybridized carbons (Fsp3) is 0.867. The molecular weight excluding hydrogens is 252 g/mol. The predicted molar refractivity (Wildman–Crippen MR) is 82.9 cm³/mol. The Balaban J connectivity index is 2.31. The molecule has 0 saturated heterocycles. The lowest BCUT2D eigenvalue weighted by molar-refractivity contribution is 0.420. The predicted octanol–water partition coefficient (Wildman–Crippen LogP) is 3.90. The molecule has 0 aromatic carbocycles. The number of hydrogen-bond donors (Lipinski definition) is 2. The van der Waals surface area contributed by atoms with Gasteiger partial charge in [0.25, 0.3) is 0 Å². The van der Waals surface area contributed by atoms with Crippen molar-refractivity contribution >= 4 is 6.01 Å². The molecule has 5 heteroatoms. The van der Waals surface area contributed by atoms with Crippen molar-refractivity contribution in [1.29, 1.82) is 0 Å². The number of hydrogen-bond acceptors (Lipinski definition) is 5. The van der Waals surface area contributed by atoms with Crippen LogP contribution in [0.25, 0.3) is 0 Å². The molecule has 5 nitrogen and oxygen atoms in total. The van der Waals surface area contributed by atoms with E-state index in [0.717, 1.165) is 19.4 Å². The SMILES string of the molecule is CCCCCCC(C)Nc1nnc(C(C)NCCC)o1. The normalized spacial score (nSPS) is 14.2. The maximum Gasteiger partial charge on any atom is 0.315 e. The lowest BCUT2D eigenvalue weighted by Crippen LogP contribution is -2.19. The second-order valence-corrected chi connectivity index (χ2v) is 5.52. The maximum atomic E-state index is 5.64. The molecule has 1 heterocycles. The molecule has 0 aliphatic heterocycles. The summed E-state index contributed by atoms with van der Waals surface area (Å²) in [5.41, 5.74) is 0. The van der Waals surface area contributed by atoms with Gasteiger partial charge >= 0.3 is 6.01 Å². The highest BCUT2D eigenvalue weighted by atomic mass is 16.4. The first-order valence-corrected chi connectivity index (χ1v) is 8.00. The average Bonchev–Trinajstić information content (AvgIpc) is 2.89. The zero-order valence-corrected chi connectivity index (χ0v) is 13.4. The molecule has 2 atom stereocenters. The van der Waals surface area contributed by atoms with Crippen molar-refractivity contribution < 1.29 is 4.42 Å². The highest BCUT2D eigenvalue weighted by molar-refractivity contribution is 5.19. The van der Waals surface area contributed by atoms with Gasteiger partial charge in [-0.1, -0.05) is 44.6 Å². The Labute approximate surface area is 122 Å². The van der Waals surface area contributed by atoms with Gasteiger partial charge in [0.1, 0.15) is 0 Å². The lowest BCUT2D eigenvalue weighted by Gasteiger charge is -2.11. The van der Waals surface area contributed by atoms with Gasteiger partial charge in [-0.2, -0.15) is 0 Å². The second kappa shape index (κ2) is 9.75. The van der Waals surface area contributed by atoms with Crippen molar-refractivity contribution in [2.45, 2.75) is 78.3 Å². The van der Waals surface area contributed by atoms with E-state index in [2.05, 4.69) is 41.6 Å². The van der Waals surface area contributed by atoms with E-state index in [1.54, 1.807) is 0 Å². The molecule has 0 aliphatic rings. The summed E-state index contributed by atoms with van der Waals surface area (Å²) in [4.78, 5) is 0. The van der Waals surface area contributed by atoms with Gasteiger partial charge in [0, 0.05) is 6.04 Å². The Morgan fingerprint density at radius 3 is 2.55 bits per heavy atom. The number of unbranched alkanes of at least 4 members (excludes halogenated alkanes) is 3. The van der Waals surface area contributed by atoms with Crippen molar-refractivity contribution in [3.8, 4) is 0 Å². The smallest absolute Gasteiger partial charge is 0.315 e. The fourth-order valence-electron chi connectivity index (χ4n) is 2.08. The molecule has 116 valence electrons. The summed E-state index contributed by atoms with van der Waals surface area (Å²) in [6.45, 7) is 9.53. The molecule has 0 fully saturated rings. The van der Waals surface area contributed by atoms with Gasteiger partial charge in [-0.05, 0) is 33.2 Å². The van der Waals surface area contributed by atoms with E-state index in [4.69, 9.17) is 4.42 Å². The highest BCUT2D eigenvalue weighted by Gasteiger charge is 2.14. The zero-order chi connectivity index (χ0) is 14.8. The van der Waals surface area contributed by atoms with E-state index in [0.29, 0.717) is 17.9 Å². The van der Waals surface area contributed by atoms with Crippen LogP contribution >= 0.6 is 0 Å². The first-order valence-electron chi connectivity index (χ1n) is 8.00. The minimum absolute atomic E-state index is 0.109. The van der Waals surface area contributed by atoms with Crippen LogP contribution in [0.15, 0.2) is 4.42 Å². The quantitative estimate of drug-likeness (QED) is 0.603. The van der Waals surface area contributed by atoms with E-state index in [1.165, 1.54) is 25.7 Å². The molecule has 1 aromatic rings. The van der Waals surface area contributed by atoms with E-state index in [1.807, 2.05) is 6.92 Å². The van der Waals surface area contributed by atoms with Crippen molar-refractivity contribution in [1.82, 2.24) is 15.5 Å². The van der Waals surface area contributed by atoms with Crippen LogP contribution in [-0.2, 0) is 0 Å². The molecule has 20 heavy (non-hydrogen) atoms. The van der Waals surface area contributed by atoms with Gasteiger partial charge in [0.05, 0.1) is 6.04 Å². The topological polar surface area (TPSA) is 63.0 Å². The van der Waals surface area contributed by atoms with E-state index < -0.39 is 0 Å².